The van der Waals surface area contributed by atoms with Gasteiger partial charge in [0.1, 0.15) is 10.8 Å². The van der Waals surface area contributed by atoms with Gasteiger partial charge in [0.05, 0.1) is 6.10 Å². The van der Waals surface area contributed by atoms with Gasteiger partial charge in [-0.2, -0.15) is 0 Å². The van der Waals surface area contributed by atoms with Crippen molar-refractivity contribution in [2.45, 2.75) is 25.4 Å². The first-order chi connectivity index (χ1) is 8.25. The summed E-state index contributed by atoms with van der Waals surface area (Å²) in [6.45, 7) is 1.65. The summed E-state index contributed by atoms with van der Waals surface area (Å²) < 4.78 is 5.64. The highest BCUT2D eigenvalue weighted by molar-refractivity contribution is 7.80. The third-order valence-electron chi connectivity index (χ3n) is 2.83. The van der Waals surface area contributed by atoms with Crippen LogP contribution in [0.3, 0.4) is 0 Å². The Morgan fingerprint density at radius 2 is 2.47 bits per heavy atom. The normalized spacial score (nSPS) is 19.9. The highest BCUT2D eigenvalue weighted by Crippen LogP contribution is 2.14. The molecule has 1 aliphatic rings. The first-order valence-electron chi connectivity index (χ1n) is 5.87. The van der Waals surface area contributed by atoms with E-state index in [-0.39, 0.29) is 0 Å². The first kappa shape index (κ1) is 12.3. The van der Waals surface area contributed by atoms with Crippen LogP contribution in [0.5, 0.6) is 0 Å². The SMILES string of the molecule is NC(=S)c1ccnc(NCC2CCCCO2)c1. The minimum absolute atomic E-state index is 0.291. The minimum atomic E-state index is 0.291. The summed E-state index contributed by atoms with van der Waals surface area (Å²) in [5.41, 5.74) is 6.41. The van der Waals surface area contributed by atoms with Crippen LogP contribution in [0.25, 0.3) is 0 Å². The molecule has 0 bridgehead atoms. The van der Waals surface area contributed by atoms with Gasteiger partial charge >= 0.3 is 0 Å². The van der Waals surface area contributed by atoms with E-state index in [1.165, 1.54) is 12.8 Å². The van der Waals surface area contributed by atoms with Gasteiger partial charge in [0, 0.05) is 24.9 Å². The van der Waals surface area contributed by atoms with E-state index in [2.05, 4.69) is 10.3 Å². The molecular formula is C12H17N3OS. The molecular weight excluding hydrogens is 234 g/mol. The molecule has 0 spiro atoms. The van der Waals surface area contributed by atoms with E-state index < -0.39 is 0 Å². The van der Waals surface area contributed by atoms with Gasteiger partial charge in [-0.3, -0.25) is 0 Å². The minimum Gasteiger partial charge on any atom is -0.389 e. The highest BCUT2D eigenvalue weighted by Gasteiger charge is 2.13. The molecule has 2 rings (SSSR count). The number of rotatable bonds is 4. The van der Waals surface area contributed by atoms with Crippen LogP contribution < -0.4 is 11.1 Å². The molecule has 0 saturated carbocycles. The van der Waals surface area contributed by atoms with Crippen LogP contribution in [0.15, 0.2) is 18.3 Å². The topological polar surface area (TPSA) is 60.2 Å². The van der Waals surface area contributed by atoms with Gasteiger partial charge in [-0.05, 0) is 31.4 Å². The third kappa shape index (κ3) is 3.64. The van der Waals surface area contributed by atoms with Crippen LogP contribution in [-0.4, -0.2) is 29.2 Å². The molecule has 3 N–H and O–H groups in total. The highest BCUT2D eigenvalue weighted by atomic mass is 32.1. The smallest absolute Gasteiger partial charge is 0.126 e. The Labute approximate surface area is 107 Å². The Morgan fingerprint density at radius 1 is 1.59 bits per heavy atom. The van der Waals surface area contributed by atoms with Gasteiger partial charge in [-0.15, -0.1) is 0 Å². The van der Waals surface area contributed by atoms with Crippen LogP contribution >= 0.6 is 12.2 Å². The number of hydrogen-bond acceptors (Lipinski definition) is 4. The molecule has 4 nitrogen and oxygen atoms in total. The number of nitrogens with zero attached hydrogens (tertiary/aromatic N) is 1. The summed E-state index contributed by atoms with van der Waals surface area (Å²) in [5.74, 6) is 0.796. The molecule has 1 aromatic heterocycles. The molecule has 0 radical (unpaired) electrons. The Morgan fingerprint density at radius 3 is 3.18 bits per heavy atom. The lowest BCUT2D eigenvalue weighted by Crippen LogP contribution is -2.27. The van der Waals surface area contributed by atoms with Crippen molar-refractivity contribution in [2.75, 3.05) is 18.5 Å². The van der Waals surface area contributed by atoms with Crippen molar-refractivity contribution < 1.29 is 4.74 Å². The second-order valence-corrected chi connectivity index (χ2v) is 4.60. The van der Waals surface area contributed by atoms with Gasteiger partial charge < -0.3 is 15.8 Å². The first-order valence-corrected chi connectivity index (χ1v) is 6.28. The molecule has 1 aromatic rings. The van der Waals surface area contributed by atoms with Crippen LogP contribution in [-0.2, 0) is 4.74 Å². The Hall–Kier alpha value is -1.20. The fraction of sp³-hybridized carbons (Fsp3) is 0.500. The van der Waals surface area contributed by atoms with Crippen molar-refractivity contribution in [1.82, 2.24) is 4.98 Å². The number of thiocarbonyl (C=S) groups is 1. The maximum absolute atomic E-state index is 5.64. The maximum atomic E-state index is 5.64. The van der Waals surface area contributed by atoms with E-state index in [0.29, 0.717) is 11.1 Å². The quantitative estimate of drug-likeness (QED) is 0.798. The molecule has 1 atom stereocenters. The van der Waals surface area contributed by atoms with Gasteiger partial charge in [0.2, 0.25) is 0 Å². The van der Waals surface area contributed by atoms with Crippen molar-refractivity contribution in [3.8, 4) is 0 Å². The largest absolute Gasteiger partial charge is 0.389 e. The van der Waals surface area contributed by atoms with E-state index in [1.54, 1.807) is 6.20 Å². The molecule has 1 unspecified atom stereocenters. The van der Waals surface area contributed by atoms with Gasteiger partial charge in [-0.1, -0.05) is 12.2 Å². The Kier molecular flexibility index (Phi) is 4.28. The second kappa shape index (κ2) is 5.93. The summed E-state index contributed by atoms with van der Waals surface area (Å²) in [4.78, 5) is 4.62. The third-order valence-corrected chi connectivity index (χ3v) is 3.06. The van der Waals surface area contributed by atoms with Crippen molar-refractivity contribution in [3.05, 3.63) is 23.9 Å². The molecule has 2 heterocycles. The Balaban J connectivity index is 1.89. The zero-order chi connectivity index (χ0) is 12.1. The molecule has 1 fully saturated rings. The summed E-state index contributed by atoms with van der Waals surface area (Å²) in [6.07, 6.45) is 5.53. The summed E-state index contributed by atoms with van der Waals surface area (Å²) in [7, 11) is 0. The molecule has 1 saturated heterocycles. The van der Waals surface area contributed by atoms with Crippen LogP contribution in [0.2, 0.25) is 0 Å². The average Bonchev–Trinajstić information content (AvgIpc) is 2.38. The van der Waals surface area contributed by atoms with E-state index in [9.17, 15) is 0 Å². The van der Waals surface area contributed by atoms with E-state index >= 15 is 0 Å². The number of ether oxygens (including phenoxy) is 1. The van der Waals surface area contributed by atoms with E-state index in [4.69, 9.17) is 22.7 Å². The van der Waals surface area contributed by atoms with E-state index in [0.717, 1.165) is 31.0 Å². The Bertz CT molecular complexity index is 391. The lowest BCUT2D eigenvalue weighted by atomic mass is 10.1. The number of anilines is 1. The van der Waals surface area contributed by atoms with Crippen LogP contribution in [0.4, 0.5) is 5.82 Å². The zero-order valence-electron chi connectivity index (χ0n) is 9.69. The summed E-state index contributed by atoms with van der Waals surface area (Å²) in [6, 6.07) is 3.68. The molecule has 1 aliphatic heterocycles. The predicted octanol–water partition coefficient (Wildman–Crippen LogP) is 1.70. The number of nitrogens with one attached hydrogen (secondary N) is 1. The lowest BCUT2D eigenvalue weighted by Gasteiger charge is -2.22. The standard InChI is InChI=1S/C12H17N3OS/c13-12(17)9-4-5-14-11(7-9)15-8-10-3-1-2-6-16-10/h4-5,7,10H,1-3,6,8H2,(H2,13,17)(H,14,15). The van der Waals surface area contributed by atoms with Crippen LogP contribution in [0.1, 0.15) is 24.8 Å². The zero-order valence-corrected chi connectivity index (χ0v) is 10.5. The molecule has 5 heteroatoms. The van der Waals surface area contributed by atoms with Gasteiger partial charge in [0.15, 0.2) is 0 Å². The van der Waals surface area contributed by atoms with Crippen LogP contribution in [0, 0.1) is 0 Å². The molecule has 92 valence electrons. The molecule has 0 aromatic carbocycles. The number of nitrogens with two attached hydrogens (primary N) is 1. The van der Waals surface area contributed by atoms with Gasteiger partial charge in [0.25, 0.3) is 0 Å². The maximum Gasteiger partial charge on any atom is 0.126 e. The molecule has 0 amide bonds. The summed E-state index contributed by atoms with van der Waals surface area (Å²) >= 11 is 4.93. The summed E-state index contributed by atoms with van der Waals surface area (Å²) in [5, 5.41) is 3.26. The molecule has 17 heavy (non-hydrogen) atoms. The van der Waals surface area contributed by atoms with Gasteiger partial charge in [-0.25, -0.2) is 4.98 Å². The van der Waals surface area contributed by atoms with Crippen molar-refractivity contribution in [3.63, 3.8) is 0 Å². The fourth-order valence-electron chi connectivity index (χ4n) is 1.87. The number of aromatic nitrogens is 1. The van der Waals surface area contributed by atoms with Crippen molar-refractivity contribution in [1.29, 1.82) is 0 Å². The number of hydrogen-bond donors (Lipinski definition) is 2. The van der Waals surface area contributed by atoms with Crippen molar-refractivity contribution in [2.24, 2.45) is 5.73 Å². The number of pyridine rings is 1. The second-order valence-electron chi connectivity index (χ2n) is 4.16. The van der Waals surface area contributed by atoms with E-state index in [1.807, 2.05) is 12.1 Å². The lowest BCUT2D eigenvalue weighted by molar-refractivity contribution is 0.0247. The molecule has 0 aliphatic carbocycles. The predicted molar refractivity (Wildman–Crippen MR) is 72.2 cm³/mol. The van der Waals surface area contributed by atoms with Crippen molar-refractivity contribution >= 4 is 23.0 Å². The average molecular weight is 251 g/mol. The monoisotopic (exact) mass is 251 g/mol. The fourth-order valence-corrected chi connectivity index (χ4v) is 1.99.